The highest BCUT2D eigenvalue weighted by Gasteiger charge is 2.29. The Bertz CT molecular complexity index is 995. The highest BCUT2D eigenvalue weighted by atomic mass is 32.2. The molecule has 0 spiro atoms. The van der Waals surface area contributed by atoms with Crippen molar-refractivity contribution in [3.05, 3.63) is 126 Å². The molecule has 0 amide bonds. The van der Waals surface area contributed by atoms with E-state index in [4.69, 9.17) is 5.73 Å². The van der Waals surface area contributed by atoms with Gasteiger partial charge in [-0.1, -0.05) is 78.9 Å². The minimum absolute atomic E-state index is 0.0657. The lowest BCUT2D eigenvalue weighted by molar-refractivity contribution is -0.137. The number of halogens is 3. The average Bonchev–Trinajstić information content (AvgIpc) is 2.82. The van der Waals surface area contributed by atoms with Crippen molar-refractivity contribution in [1.29, 1.82) is 0 Å². The molecular weight excluding hydrogens is 415 g/mol. The summed E-state index contributed by atoms with van der Waals surface area (Å²) in [5.41, 5.74) is 6.27. The van der Waals surface area contributed by atoms with Gasteiger partial charge in [0.1, 0.15) is 0 Å². The molecule has 5 heteroatoms. The van der Waals surface area contributed by atoms with Crippen LogP contribution in [0.1, 0.15) is 11.1 Å². The zero-order chi connectivity index (χ0) is 22.1. The maximum absolute atomic E-state index is 11.8. The van der Waals surface area contributed by atoms with Gasteiger partial charge in [-0.05, 0) is 42.0 Å². The summed E-state index contributed by atoms with van der Waals surface area (Å²) in [6.45, 7) is 0.588. The zero-order valence-electron chi connectivity index (χ0n) is 16.8. The number of benzene rings is 4. The SMILES string of the molecule is FC(F)(F)c1ccccc1.NCc1ccc([S+](c2ccccc2)c2ccccc2)cc1. The minimum Gasteiger partial charge on any atom is -0.326 e. The summed E-state index contributed by atoms with van der Waals surface area (Å²) in [6.07, 6.45) is -4.21. The Balaban J connectivity index is 0.000000229. The largest absolute Gasteiger partial charge is 0.416 e. The molecule has 0 aliphatic rings. The predicted molar refractivity (Wildman–Crippen MR) is 121 cm³/mol. The van der Waals surface area contributed by atoms with Gasteiger partial charge in [0, 0.05) is 6.54 Å². The molecule has 0 unspecified atom stereocenters. The molecule has 0 radical (unpaired) electrons. The van der Waals surface area contributed by atoms with Gasteiger partial charge in [-0.15, -0.1) is 0 Å². The normalized spacial score (nSPS) is 11.0. The molecule has 0 aliphatic heterocycles. The van der Waals surface area contributed by atoms with E-state index in [0.29, 0.717) is 6.54 Å². The van der Waals surface area contributed by atoms with E-state index in [2.05, 4.69) is 84.9 Å². The lowest BCUT2D eigenvalue weighted by Crippen LogP contribution is -2.05. The molecule has 1 nitrogen and oxygen atoms in total. The van der Waals surface area contributed by atoms with Gasteiger partial charge in [0.15, 0.2) is 14.7 Å². The van der Waals surface area contributed by atoms with Crippen LogP contribution in [0.15, 0.2) is 130 Å². The average molecular weight is 439 g/mol. The van der Waals surface area contributed by atoms with Crippen molar-refractivity contribution in [2.24, 2.45) is 5.73 Å². The fraction of sp³-hybridized carbons (Fsp3) is 0.0769. The number of nitrogens with two attached hydrogens (primary N) is 1. The highest BCUT2D eigenvalue weighted by molar-refractivity contribution is 7.97. The van der Waals surface area contributed by atoms with Crippen LogP contribution >= 0.6 is 0 Å². The van der Waals surface area contributed by atoms with Gasteiger partial charge in [0.2, 0.25) is 0 Å². The molecule has 0 atom stereocenters. The standard InChI is InChI=1S/C19H18NS.C7H5F3/c20-15-16-11-13-19(14-12-16)21(17-7-3-1-4-8-17)18-9-5-2-6-10-18;8-7(9,10)6-4-2-1-3-5-6/h1-14H,15,20H2;1-5H/q+1;. The van der Waals surface area contributed by atoms with Crippen molar-refractivity contribution in [2.75, 3.05) is 0 Å². The quantitative estimate of drug-likeness (QED) is 0.343. The smallest absolute Gasteiger partial charge is 0.326 e. The zero-order valence-corrected chi connectivity index (χ0v) is 17.6. The second-order valence-electron chi connectivity index (χ2n) is 6.64. The van der Waals surface area contributed by atoms with E-state index in [1.807, 2.05) is 0 Å². The van der Waals surface area contributed by atoms with Crippen molar-refractivity contribution >= 4 is 10.9 Å². The molecule has 31 heavy (non-hydrogen) atoms. The first kappa shape index (κ1) is 22.7. The van der Waals surface area contributed by atoms with E-state index in [9.17, 15) is 13.2 Å². The first-order chi connectivity index (χ1) is 15.0. The van der Waals surface area contributed by atoms with E-state index in [-0.39, 0.29) is 10.9 Å². The number of hydrogen-bond donors (Lipinski definition) is 1. The van der Waals surface area contributed by atoms with E-state index >= 15 is 0 Å². The van der Waals surface area contributed by atoms with E-state index in [1.54, 1.807) is 6.07 Å². The van der Waals surface area contributed by atoms with Gasteiger partial charge < -0.3 is 5.73 Å². The number of alkyl halides is 3. The lowest BCUT2D eigenvalue weighted by atomic mass is 10.2. The summed E-state index contributed by atoms with van der Waals surface area (Å²) in [5, 5.41) is 0. The van der Waals surface area contributed by atoms with E-state index < -0.39 is 11.7 Å². The summed E-state index contributed by atoms with van der Waals surface area (Å²) in [7, 11) is -0.0657. The third kappa shape index (κ3) is 6.48. The van der Waals surface area contributed by atoms with Crippen LogP contribution in [-0.4, -0.2) is 0 Å². The summed E-state index contributed by atoms with van der Waals surface area (Å²) >= 11 is 0. The minimum atomic E-state index is -4.21. The molecule has 4 aromatic rings. The van der Waals surface area contributed by atoms with Crippen LogP contribution in [0.25, 0.3) is 0 Å². The van der Waals surface area contributed by atoms with Gasteiger partial charge in [0.05, 0.1) is 16.5 Å². The van der Waals surface area contributed by atoms with Gasteiger partial charge in [-0.25, -0.2) is 0 Å². The molecule has 2 N–H and O–H groups in total. The Hall–Kier alpha value is -3.02. The topological polar surface area (TPSA) is 26.0 Å². The van der Waals surface area contributed by atoms with Crippen molar-refractivity contribution < 1.29 is 13.2 Å². The number of rotatable bonds is 4. The molecule has 158 valence electrons. The molecule has 0 saturated carbocycles. The van der Waals surface area contributed by atoms with Gasteiger partial charge in [0.25, 0.3) is 0 Å². The van der Waals surface area contributed by atoms with Gasteiger partial charge in [-0.2, -0.15) is 13.2 Å². The molecule has 4 aromatic carbocycles. The van der Waals surface area contributed by atoms with Crippen molar-refractivity contribution in [3.8, 4) is 0 Å². The second kappa shape index (κ2) is 10.8. The molecule has 0 bridgehead atoms. The second-order valence-corrected chi connectivity index (χ2v) is 8.67. The van der Waals surface area contributed by atoms with Crippen LogP contribution in [0.5, 0.6) is 0 Å². The van der Waals surface area contributed by atoms with Gasteiger partial charge >= 0.3 is 6.18 Å². The molecule has 0 aromatic heterocycles. The monoisotopic (exact) mass is 438 g/mol. The molecule has 0 heterocycles. The van der Waals surface area contributed by atoms with Crippen molar-refractivity contribution in [1.82, 2.24) is 0 Å². The van der Waals surface area contributed by atoms with Crippen molar-refractivity contribution in [3.63, 3.8) is 0 Å². The summed E-state index contributed by atoms with van der Waals surface area (Å²) in [4.78, 5) is 4.00. The Morgan fingerprint density at radius 1 is 0.548 bits per heavy atom. The fourth-order valence-corrected chi connectivity index (χ4v) is 4.99. The first-order valence-corrected chi connectivity index (χ1v) is 11.0. The molecule has 0 saturated heterocycles. The fourth-order valence-electron chi connectivity index (χ4n) is 2.91. The maximum Gasteiger partial charge on any atom is 0.416 e. The van der Waals surface area contributed by atoms with Crippen LogP contribution in [0.2, 0.25) is 0 Å². The predicted octanol–water partition coefficient (Wildman–Crippen LogP) is 6.95. The van der Waals surface area contributed by atoms with Crippen molar-refractivity contribution in [2.45, 2.75) is 27.4 Å². The summed E-state index contributed by atoms with van der Waals surface area (Å²) in [6, 6.07) is 36.4. The number of hydrogen-bond acceptors (Lipinski definition) is 1. The van der Waals surface area contributed by atoms with Crippen LogP contribution in [0.4, 0.5) is 13.2 Å². The Morgan fingerprint density at radius 2 is 0.935 bits per heavy atom. The van der Waals surface area contributed by atoms with E-state index in [0.717, 1.165) is 12.1 Å². The third-order valence-corrected chi connectivity index (χ3v) is 6.68. The Morgan fingerprint density at radius 3 is 1.29 bits per heavy atom. The Labute approximate surface area is 183 Å². The summed E-state index contributed by atoms with van der Waals surface area (Å²) in [5.74, 6) is 0. The van der Waals surface area contributed by atoms with Crippen LogP contribution in [0.3, 0.4) is 0 Å². The molecule has 0 aliphatic carbocycles. The van der Waals surface area contributed by atoms with E-state index in [1.165, 1.54) is 32.4 Å². The third-order valence-electron chi connectivity index (χ3n) is 4.45. The molecule has 0 fully saturated rings. The first-order valence-electron chi connectivity index (χ1n) is 9.74. The van der Waals surface area contributed by atoms with Crippen LogP contribution in [-0.2, 0) is 23.6 Å². The lowest BCUT2D eigenvalue weighted by Gasteiger charge is -2.08. The maximum atomic E-state index is 11.8. The van der Waals surface area contributed by atoms with Crippen LogP contribution in [0, 0.1) is 0 Å². The Kier molecular flexibility index (Phi) is 7.93. The molecular formula is C26H23F3NS+. The van der Waals surface area contributed by atoms with Gasteiger partial charge in [-0.3, -0.25) is 0 Å². The highest BCUT2D eigenvalue weighted by Crippen LogP contribution is 2.31. The summed E-state index contributed by atoms with van der Waals surface area (Å²) < 4.78 is 35.4. The molecule has 4 rings (SSSR count). The van der Waals surface area contributed by atoms with Crippen LogP contribution < -0.4 is 5.73 Å².